The highest BCUT2D eigenvalue weighted by atomic mass is 19.1. The zero-order chi connectivity index (χ0) is 25.8. The molecule has 36 heavy (non-hydrogen) atoms. The summed E-state index contributed by atoms with van der Waals surface area (Å²) in [6, 6.07) is 6.39. The fraction of sp³-hybridized carbons (Fsp3) is 0.692. The Morgan fingerprint density at radius 1 is 1.31 bits per heavy atom. The predicted molar refractivity (Wildman–Crippen MR) is 134 cm³/mol. The molecule has 2 heterocycles. The maximum Gasteiger partial charge on any atom is 0.406 e. The molecule has 4 N–H and O–H groups in total. The highest BCUT2D eigenvalue weighted by Gasteiger charge is 2.34. The molecule has 2 amide bonds. The van der Waals surface area contributed by atoms with E-state index in [1.54, 1.807) is 6.07 Å². The van der Waals surface area contributed by atoms with Gasteiger partial charge in [0.25, 0.3) is 0 Å². The van der Waals surface area contributed by atoms with Crippen molar-refractivity contribution in [3.63, 3.8) is 0 Å². The Morgan fingerprint density at radius 3 is 2.89 bits per heavy atom. The normalized spacial score (nSPS) is 23.9. The van der Waals surface area contributed by atoms with Crippen molar-refractivity contribution in [1.82, 2.24) is 21.3 Å². The average molecular weight is 509 g/mol. The quantitative estimate of drug-likeness (QED) is 0.320. The molecular weight excluding hydrogens is 467 g/mol. The molecule has 3 unspecified atom stereocenters. The van der Waals surface area contributed by atoms with Gasteiger partial charge in [0, 0.05) is 51.4 Å². The van der Waals surface area contributed by atoms with Gasteiger partial charge in [-0.3, -0.25) is 4.79 Å². The van der Waals surface area contributed by atoms with Crippen LogP contribution in [0.25, 0.3) is 0 Å². The van der Waals surface area contributed by atoms with Crippen LogP contribution in [-0.4, -0.2) is 78.2 Å². The van der Waals surface area contributed by atoms with Crippen molar-refractivity contribution in [2.24, 2.45) is 17.8 Å². The minimum absolute atomic E-state index is 0.0227. The summed E-state index contributed by atoms with van der Waals surface area (Å²) in [6.45, 7) is 4.00. The summed E-state index contributed by atoms with van der Waals surface area (Å²) in [5.41, 5.74) is 0.714. The zero-order valence-electron chi connectivity index (χ0n) is 21.4. The third-order valence-electron chi connectivity index (χ3n) is 6.88. The van der Waals surface area contributed by atoms with Crippen molar-refractivity contribution in [3.05, 3.63) is 35.6 Å². The zero-order valence-corrected chi connectivity index (χ0v) is 21.4. The second kappa shape index (κ2) is 15.1. The summed E-state index contributed by atoms with van der Waals surface area (Å²) in [5, 5.41) is 12.4. The number of carbonyl (C=O) groups excluding carboxylic acids is 2. The number of piperidine rings is 1. The molecule has 0 saturated carbocycles. The number of hydrogen-bond donors (Lipinski definition) is 4. The molecule has 1 aromatic rings. The molecule has 5 atom stereocenters. The van der Waals surface area contributed by atoms with Crippen LogP contribution >= 0.6 is 0 Å². The van der Waals surface area contributed by atoms with Crippen molar-refractivity contribution in [3.8, 4) is 0 Å². The highest BCUT2D eigenvalue weighted by Crippen LogP contribution is 2.33. The van der Waals surface area contributed by atoms with Crippen LogP contribution in [0.3, 0.4) is 0 Å². The van der Waals surface area contributed by atoms with Gasteiger partial charge < -0.3 is 35.5 Å². The molecular formula is C26H41FN4O5. The van der Waals surface area contributed by atoms with Crippen LogP contribution in [0.15, 0.2) is 24.3 Å². The first-order valence-electron chi connectivity index (χ1n) is 12.9. The van der Waals surface area contributed by atoms with E-state index in [0.29, 0.717) is 37.5 Å². The number of ether oxygens (including phenoxy) is 3. The molecule has 0 spiro atoms. The molecule has 2 aliphatic rings. The Morgan fingerprint density at radius 2 is 2.17 bits per heavy atom. The number of hydrogen-bond acceptors (Lipinski definition) is 7. The van der Waals surface area contributed by atoms with Crippen molar-refractivity contribution >= 4 is 12.0 Å². The van der Waals surface area contributed by atoms with Crippen LogP contribution in [0.4, 0.5) is 9.18 Å². The van der Waals surface area contributed by atoms with Gasteiger partial charge in [0.15, 0.2) is 0 Å². The van der Waals surface area contributed by atoms with E-state index in [2.05, 4.69) is 26.0 Å². The molecule has 1 aromatic carbocycles. The lowest BCUT2D eigenvalue weighted by molar-refractivity contribution is -0.127. The summed E-state index contributed by atoms with van der Waals surface area (Å²) in [6.07, 6.45) is 2.74. The maximum absolute atomic E-state index is 14.0. The van der Waals surface area contributed by atoms with Crippen LogP contribution in [0, 0.1) is 23.6 Å². The molecule has 0 bridgehead atoms. The molecule has 2 saturated heterocycles. The van der Waals surface area contributed by atoms with Crippen LogP contribution in [0.2, 0.25) is 0 Å². The summed E-state index contributed by atoms with van der Waals surface area (Å²) in [7, 11) is 3.19. The monoisotopic (exact) mass is 508 g/mol. The van der Waals surface area contributed by atoms with Crippen molar-refractivity contribution < 1.29 is 28.2 Å². The van der Waals surface area contributed by atoms with Gasteiger partial charge >= 0.3 is 6.09 Å². The number of carbonyl (C=O) groups is 2. The van der Waals surface area contributed by atoms with Crippen LogP contribution in [-0.2, 0) is 19.0 Å². The fourth-order valence-corrected chi connectivity index (χ4v) is 5.16. The van der Waals surface area contributed by atoms with E-state index in [-0.39, 0.29) is 42.8 Å². The van der Waals surface area contributed by atoms with Gasteiger partial charge in [-0.05, 0) is 56.3 Å². The van der Waals surface area contributed by atoms with Crippen LogP contribution in [0.5, 0.6) is 0 Å². The third-order valence-corrected chi connectivity index (χ3v) is 6.88. The lowest BCUT2D eigenvalue weighted by Gasteiger charge is -2.36. The molecule has 2 aliphatic heterocycles. The van der Waals surface area contributed by atoms with Gasteiger partial charge in [0.05, 0.1) is 25.7 Å². The molecule has 9 nitrogen and oxygen atoms in total. The molecule has 2 fully saturated rings. The number of benzene rings is 1. The number of halogens is 1. The van der Waals surface area contributed by atoms with Gasteiger partial charge in [-0.15, -0.1) is 0 Å². The minimum Gasteiger partial charge on any atom is -0.453 e. The summed E-state index contributed by atoms with van der Waals surface area (Å²) < 4.78 is 30.4. The van der Waals surface area contributed by atoms with Gasteiger partial charge in [-0.25, -0.2) is 9.18 Å². The van der Waals surface area contributed by atoms with E-state index in [4.69, 9.17) is 9.47 Å². The van der Waals surface area contributed by atoms with E-state index in [0.717, 1.165) is 32.5 Å². The first-order chi connectivity index (χ1) is 17.5. The van der Waals surface area contributed by atoms with Crippen molar-refractivity contribution in [1.29, 1.82) is 0 Å². The average Bonchev–Trinajstić information content (AvgIpc) is 2.89. The predicted octanol–water partition coefficient (Wildman–Crippen LogP) is 1.99. The minimum atomic E-state index is -0.534. The molecule has 0 radical (unpaired) electrons. The van der Waals surface area contributed by atoms with E-state index in [1.807, 2.05) is 13.1 Å². The third kappa shape index (κ3) is 8.99. The Balaban J connectivity index is 1.62. The second-order valence-electron chi connectivity index (χ2n) is 9.70. The number of nitrogens with one attached hydrogen (secondary N) is 4. The Labute approximate surface area is 213 Å². The van der Waals surface area contributed by atoms with Crippen LogP contribution in [0.1, 0.15) is 37.4 Å². The van der Waals surface area contributed by atoms with E-state index in [9.17, 15) is 14.0 Å². The highest BCUT2D eigenvalue weighted by molar-refractivity contribution is 5.79. The summed E-state index contributed by atoms with van der Waals surface area (Å²) >= 11 is 0. The maximum atomic E-state index is 14.0. The second-order valence-corrected chi connectivity index (χ2v) is 9.70. The summed E-state index contributed by atoms with van der Waals surface area (Å²) in [5.74, 6) is -0.121. The van der Waals surface area contributed by atoms with Gasteiger partial charge in [0.2, 0.25) is 5.91 Å². The van der Waals surface area contributed by atoms with Crippen molar-refractivity contribution in [2.45, 2.75) is 37.8 Å². The van der Waals surface area contributed by atoms with E-state index < -0.39 is 12.2 Å². The molecule has 10 heteroatoms. The number of likely N-dealkylation sites (N-methyl/N-ethyl adjacent to an activating group) is 1. The van der Waals surface area contributed by atoms with E-state index >= 15 is 0 Å². The molecule has 3 rings (SSSR count). The Bertz CT molecular complexity index is 823. The Hall–Kier alpha value is -2.27. The molecule has 0 aromatic heterocycles. The SMILES string of the molecule is CNCC(CC1CCCOC1)NC(=O)C1CNC[C@H]([C@@H](OCCNC(=O)OC)c2cccc(F)c2)C1. The van der Waals surface area contributed by atoms with Crippen LogP contribution < -0.4 is 21.3 Å². The lowest BCUT2D eigenvalue weighted by Crippen LogP contribution is -2.50. The first kappa shape index (κ1) is 28.3. The standard InChI is InChI=1S/C26H41FN4O5/c1-28-16-23(11-18-5-4-9-35-17-18)31-25(32)21-12-20(14-29-15-21)24(19-6-3-7-22(27)13-19)36-10-8-30-26(33)34-2/h3,6-7,13,18,20-21,23-24,28-29H,4-5,8-12,14-17H2,1-2H3,(H,30,33)(H,31,32)/t18?,20-,21?,23?,24+/m1/s1. The Kier molecular flexibility index (Phi) is 11.9. The number of methoxy groups -OCH3 is 1. The van der Waals surface area contributed by atoms with Crippen molar-refractivity contribution in [2.75, 3.05) is 60.2 Å². The number of alkyl carbamates (subject to hydrolysis) is 1. The first-order valence-corrected chi connectivity index (χ1v) is 12.9. The topological polar surface area (TPSA) is 110 Å². The van der Waals surface area contributed by atoms with E-state index in [1.165, 1.54) is 19.2 Å². The van der Waals surface area contributed by atoms with Gasteiger partial charge in [0.1, 0.15) is 5.82 Å². The number of amides is 2. The molecule has 0 aliphatic carbocycles. The largest absolute Gasteiger partial charge is 0.453 e. The smallest absolute Gasteiger partial charge is 0.406 e. The van der Waals surface area contributed by atoms with Gasteiger partial charge in [-0.2, -0.15) is 0 Å². The lowest BCUT2D eigenvalue weighted by atomic mass is 9.83. The number of rotatable bonds is 12. The van der Waals surface area contributed by atoms with Gasteiger partial charge in [-0.1, -0.05) is 12.1 Å². The fourth-order valence-electron chi connectivity index (χ4n) is 5.16. The molecule has 202 valence electrons. The summed E-state index contributed by atoms with van der Waals surface area (Å²) in [4.78, 5) is 24.6.